The minimum atomic E-state index is 0.303. The topological polar surface area (TPSA) is 47.6 Å². The number of hydrogen-bond acceptors (Lipinski definition) is 2. The van der Waals surface area contributed by atoms with Gasteiger partial charge in [-0.2, -0.15) is 10.5 Å². The van der Waals surface area contributed by atoms with Crippen LogP contribution in [0.25, 0.3) is 0 Å². The Morgan fingerprint density at radius 3 is 1.71 bits per heavy atom. The van der Waals surface area contributed by atoms with Crippen molar-refractivity contribution in [3.63, 3.8) is 0 Å². The number of hydrogen-bond donors (Lipinski definition) is 0. The van der Waals surface area contributed by atoms with Crippen molar-refractivity contribution in [3.05, 3.63) is 22.3 Å². The molecule has 1 rings (SSSR count). The van der Waals surface area contributed by atoms with Crippen molar-refractivity contribution in [2.75, 3.05) is 0 Å². The third-order valence-corrected chi connectivity index (χ3v) is 2.38. The second kappa shape index (κ2) is 4.63. The van der Waals surface area contributed by atoms with Crippen LogP contribution < -0.4 is 0 Å². The molecule has 2 nitrogen and oxygen atoms in total. The molecular formula is C12H14N2. The summed E-state index contributed by atoms with van der Waals surface area (Å²) in [5.74, 6) is 0. The summed E-state index contributed by atoms with van der Waals surface area (Å²) in [6.45, 7) is 4.23. The monoisotopic (exact) mass is 186 g/mol. The number of nitriles is 2. The Morgan fingerprint density at radius 1 is 1.00 bits per heavy atom. The lowest BCUT2D eigenvalue weighted by molar-refractivity contribution is 0.921. The van der Waals surface area contributed by atoms with Crippen LogP contribution in [0, 0.1) is 22.7 Å². The van der Waals surface area contributed by atoms with Gasteiger partial charge in [0.1, 0.15) is 17.7 Å². The van der Waals surface area contributed by atoms with E-state index in [1.165, 1.54) is 11.1 Å². The Morgan fingerprint density at radius 2 is 1.43 bits per heavy atom. The van der Waals surface area contributed by atoms with E-state index in [4.69, 9.17) is 10.5 Å². The molecule has 1 aliphatic carbocycles. The molecule has 0 saturated heterocycles. The first-order valence-electron chi connectivity index (χ1n) is 5.07. The highest BCUT2D eigenvalue weighted by atomic mass is 14.4. The van der Waals surface area contributed by atoms with Gasteiger partial charge in [-0.1, -0.05) is 26.7 Å². The lowest BCUT2D eigenvalue weighted by Gasteiger charge is -1.86. The number of nitrogens with zero attached hydrogens (tertiary/aromatic N) is 2. The van der Waals surface area contributed by atoms with Gasteiger partial charge in [-0.05, 0) is 24.0 Å². The lowest BCUT2D eigenvalue weighted by Crippen LogP contribution is -1.76. The number of allylic oxidation sites excluding steroid dienone is 4. The molecule has 0 atom stereocenters. The Kier molecular flexibility index (Phi) is 3.48. The molecule has 0 aromatic carbocycles. The third kappa shape index (κ3) is 1.86. The van der Waals surface area contributed by atoms with Crippen molar-refractivity contribution in [1.29, 1.82) is 10.5 Å². The maximum absolute atomic E-state index is 8.75. The van der Waals surface area contributed by atoms with Crippen LogP contribution in [0.1, 0.15) is 39.5 Å². The second-order valence-electron chi connectivity index (χ2n) is 3.43. The maximum atomic E-state index is 8.75. The fourth-order valence-corrected chi connectivity index (χ4v) is 1.76. The van der Waals surface area contributed by atoms with Crippen LogP contribution in [0.15, 0.2) is 22.3 Å². The Bertz CT molecular complexity index is 338. The summed E-state index contributed by atoms with van der Waals surface area (Å²) in [5.41, 5.74) is 3.82. The summed E-state index contributed by atoms with van der Waals surface area (Å²) in [7, 11) is 0. The van der Waals surface area contributed by atoms with Crippen LogP contribution >= 0.6 is 0 Å². The maximum Gasteiger partial charge on any atom is 0.137 e. The quantitative estimate of drug-likeness (QED) is 0.633. The van der Waals surface area contributed by atoms with Gasteiger partial charge in [0.15, 0.2) is 0 Å². The van der Waals surface area contributed by atoms with Crippen LogP contribution in [0.4, 0.5) is 0 Å². The van der Waals surface area contributed by atoms with E-state index in [2.05, 4.69) is 13.8 Å². The van der Waals surface area contributed by atoms with E-state index in [0.717, 1.165) is 31.3 Å². The lowest BCUT2D eigenvalue weighted by atomic mass is 10.1. The van der Waals surface area contributed by atoms with Crippen molar-refractivity contribution in [3.8, 4) is 12.1 Å². The van der Waals surface area contributed by atoms with Gasteiger partial charge < -0.3 is 0 Å². The van der Waals surface area contributed by atoms with E-state index in [-0.39, 0.29) is 0 Å². The van der Waals surface area contributed by atoms with Crippen molar-refractivity contribution >= 4 is 0 Å². The molecule has 0 saturated carbocycles. The summed E-state index contributed by atoms with van der Waals surface area (Å²) < 4.78 is 0. The molecule has 0 aliphatic heterocycles. The fourth-order valence-electron chi connectivity index (χ4n) is 1.76. The van der Waals surface area contributed by atoms with Crippen LogP contribution in [0.5, 0.6) is 0 Å². The van der Waals surface area contributed by atoms with Crippen LogP contribution in [-0.2, 0) is 0 Å². The molecule has 0 fully saturated rings. The zero-order valence-corrected chi connectivity index (χ0v) is 8.72. The van der Waals surface area contributed by atoms with Gasteiger partial charge in [-0.25, -0.2) is 0 Å². The molecule has 0 unspecified atom stereocenters. The first-order chi connectivity index (χ1) is 6.79. The second-order valence-corrected chi connectivity index (χ2v) is 3.43. The van der Waals surface area contributed by atoms with Crippen LogP contribution in [0.2, 0.25) is 0 Å². The zero-order valence-electron chi connectivity index (χ0n) is 8.72. The van der Waals surface area contributed by atoms with Gasteiger partial charge in [-0.15, -0.1) is 0 Å². The summed E-state index contributed by atoms with van der Waals surface area (Å²) >= 11 is 0. The minimum Gasteiger partial charge on any atom is -0.192 e. The average Bonchev–Trinajstić information content (AvgIpc) is 2.83. The molecule has 0 amide bonds. The SMILES string of the molecule is CCCC1=C(CCC)C1=C(C#N)C#N. The predicted molar refractivity (Wildman–Crippen MR) is 55.1 cm³/mol. The van der Waals surface area contributed by atoms with E-state index in [1.54, 1.807) is 0 Å². The summed E-state index contributed by atoms with van der Waals surface area (Å²) in [6, 6.07) is 3.93. The summed E-state index contributed by atoms with van der Waals surface area (Å²) in [4.78, 5) is 0. The first-order valence-corrected chi connectivity index (χ1v) is 5.07. The summed E-state index contributed by atoms with van der Waals surface area (Å²) in [5, 5.41) is 17.5. The van der Waals surface area contributed by atoms with Gasteiger partial charge in [0.2, 0.25) is 0 Å². The van der Waals surface area contributed by atoms with Crippen molar-refractivity contribution in [2.24, 2.45) is 0 Å². The van der Waals surface area contributed by atoms with Gasteiger partial charge in [0.05, 0.1) is 0 Å². The molecule has 14 heavy (non-hydrogen) atoms. The van der Waals surface area contributed by atoms with Gasteiger partial charge in [-0.3, -0.25) is 0 Å². The largest absolute Gasteiger partial charge is 0.192 e. The molecule has 0 heterocycles. The van der Waals surface area contributed by atoms with E-state index in [0.29, 0.717) is 5.57 Å². The highest BCUT2D eigenvalue weighted by molar-refractivity contribution is 5.72. The van der Waals surface area contributed by atoms with E-state index in [9.17, 15) is 0 Å². The molecule has 0 bridgehead atoms. The van der Waals surface area contributed by atoms with Crippen molar-refractivity contribution in [2.45, 2.75) is 39.5 Å². The van der Waals surface area contributed by atoms with Crippen LogP contribution in [-0.4, -0.2) is 0 Å². The molecular weight excluding hydrogens is 172 g/mol. The predicted octanol–water partition coefficient (Wildman–Crippen LogP) is 3.24. The van der Waals surface area contributed by atoms with Crippen LogP contribution in [0.3, 0.4) is 0 Å². The van der Waals surface area contributed by atoms with Crippen molar-refractivity contribution in [1.82, 2.24) is 0 Å². The summed E-state index contributed by atoms with van der Waals surface area (Å²) in [6.07, 6.45) is 4.18. The van der Waals surface area contributed by atoms with Crippen molar-refractivity contribution < 1.29 is 0 Å². The third-order valence-electron chi connectivity index (χ3n) is 2.38. The molecule has 1 aliphatic rings. The molecule has 0 radical (unpaired) electrons. The first kappa shape index (κ1) is 10.5. The zero-order chi connectivity index (χ0) is 10.6. The minimum absolute atomic E-state index is 0.303. The molecule has 0 aromatic rings. The van der Waals surface area contributed by atoms with Gasteiger partial charge in [0, 0.05) is 5.57 Å². The van der Waals surface area contributed by atoms with Gasteiger partial charge in [0.25, 0.3) is 0 Å². The highest BCUT2D eigenvalue weighted by Crippen LogP contribution is 2.46. The smallest absolute Gasteiger partial charge is 0.137 e. The van der Waals surface area contributed by atoms with E-state index >= 15 is 0 Å². The molecule has 72 valence electrons. The number of rotatable bonds is 4. The Labute approximate surface area is 85.2 Å². The molecule has 0 spiro atoms. The average molecular weight is 186 g/mol. The van der Waals surface area contributed by atoms with E-state index < -0.39 is 0 Å². The van der Waals surface area contributed by atoms with E-state index in [1.807, 2.05) is 12.1 Å². The van der Waals surface area contributed by atoms with Gasteiger partial charge >= 0.3 is 0 Å². The Hall–Kier alpha value is -1.54. The molecule has 0 aromatic heterocycles. The fraction of sp³-hybridized carbons (Fsp3) is 0.500. The normalized spacial score (nSPS) is 13.6. The molecule has 0 N–H and O–H groups in total. The Balaban J connectivity index is 2.86. The molecule has 2 heteroatoms. The highest BCUT2D eigenvalue weighted by Gasteiger charge is 2.30. The standard InChI is InChI=1S/C12H14N2/c1-3-5-10-11(6-4-2)12(10)9(7-13)8-14/h3-6H2,1-2H3.